The van der Waals surface area contributed by atoms with Gasteiger partial charge in [0.15, 0.2) is 0 Å². The maximum absolute atomic E-state index is 13.7. The van der Waals surface area contributed by atoms with E-state index in [0.717, 1.165) is 38.8 Å². The van der Waals surface area contributed by atoms with Gasteiger partial charge in [-0.1, -0.05) is 31.0 Å². The molecule has 1 aliphatic carbocycles. The topological polar surface area (TPSA) is 73.4 Å². The van der Waals surface area contributed by atoms with Gasteiger partial charge in [-0.15, -0.1) is 0 Å². The summed E-state index contributed by atoms with van der Waals surface area (Å²) in [5.41, 5.74) is 0.657. The van der Waals surface area contributed by atoms with Crippen LogP contribution in [-0.4, -0.2) is 108 Å². The zero-order valence-electron chi connectivity index (χ0n) is 19.9. The van der Waals surface area contributed by atoms with E-state index in [-0.39, 0.29) is 23.8 Å². The van der Waals surface area contributed by atoms with Crippen LogP contribution < -0.4 is 0 Å². The van der Waals surface area contributed by atoms with Gasteiger partial charge in [0.25, 0.3) is 5.91 Å². The second-order valence-electron chi connectivity index (χ2n) is 10.0. The molecule has 34 heavy (non-hydrogen) atoms. The Bertz CT molecular complexity index is 880. The molecule has 4 fully saturated rings. The standard InChI is InChI=1S/C26H36N4O4/c31-24(19-27-14-16-34-17-15-27)28-10-12-29(13-11-28)26(33)23-18-21-8-4-5-9-22(21)30(23)25(32)20-6-2-1-3-7-20/h1-3,6-7,21-23H,4-5,8-19H2. The highest BCUT2D eigenvalue weighted by Gasteiger charge is 2.48. The molecule has 0 N–H and O–H groups in total. The first-order chi connectivity index (χ1) is 16.6. The van der Waals surface area contributed by atoms with Gasteiger partial charge in [-0.2, -0.15) is 0 Å². The minimum Gasteiger partial charge on any atom is -0.379 e. The van der Waals surface area contributed by atoms with E-state index in [9.17, 15) is 14.4 Å². The lowest BCUT2D eigenvalue weighted by atomic mass is 9.84. The van der Waals surface area contributed by atoms with Crippen molar-refractivity contribution in [3.63, 3.8) is 0 Å². The number of piperazine rings is 1. The van der Waals surface area contributed by atoms with Crippen LogP contribution in [0.3, 0.4) is 0 Å². The number of morpholine rings is 1. The van der Waals surface area contributed by atoms with Crippen LogP contribution >= 0.6 is 0 Å². The van der Waals surface area contributed by atoms with Gasteiger partial charge in [0.05, 0.1) is 19.8 Å². The minimum atomic E-state index is -0.392. The highest BCUT2D eigenvalue weighted by atomic mass is 16.5. The first kappa shape index (κ1) is 23.3. The van der Waals surface area contributed by atoms with Crippen LogP contribution in [0.4, 0.5) is 0 Å². The van der Waals surface area contributed by atoms with Gasteiger partial charge >= 0.3 is 0 Å². The van der Waals surface area contributed by atoms with Crippen molar-refractivity contribution in [2.45, 2.75) is 44.2 Å². The molecule has 3 unspecified atom stereocenters. The Morgan fingerprint density at radius 2 is 1.53 bits per heavy atom. The quantitative estimate of drug-likeness (QED) is 0.669. The molecular weight excluding hydrogens is 432 g/mol. The van der Waals surface area contributed by atoms with Gasteiger partial charge in [-0.3, -0.25) is 19.3 Å². The van der Waals surface area contributed by atoms with E-state index in [2.05, 4.69) is 4.90 Å². The average Bonchev–Trinajstić information content (AvgIpc) is 3.28. The molecule has 0 radical (unpaired) electrons. The highest BCUT2D eigenvalue weighted by Crippen LogP contribution is 2.41. The maximum atomic E-state index is 13.7. The number of benzene rings is 1. The van der Waals surface area contributed by atoms with Gasteiger partial charge in [0.1, 0.15) is 6.04 Å². The van der Waals surface area contributed by atoms with E-state index >= 15 is 0 Å². The van der Waals surface area contributed by atoms with Crippen LogP contribution in [0.2, 0.25) is 0 Å². The summed E-state index contributed by atoms with van der Waals surface area (Å²) in [5.74, 6) is 0.570. The van der Waals surface area contributed by atoms with Gasteiger partial charge in [-0.25, -0.2) is 0 Å². The van der Waals surface area contributed by atoms with Gasteiger partial charge in [0.2, 0.25) is 11.8 Å². The molecule has 0 aromatic heterocycles. The largest absolute Gasteiger partial charge is 0.379 e. The Hall–Kier alpha value is -2.45. The van der Waals surface area contributed by atoms with Crippen LogP contribution in [0.15, 0.2) is 30.3 Å². The molecule has 3 heterocycles. The molecular formula is C26H36N4O4. The van der Waals surface area contributed by atoms with E-state index in [1.807, 2.05) is 45.0 Å². The lowest BCUT2D eigenvalue weighted by molar-refractivity contribution is -0.143. The Balaban J connectivity index is 1.23. The van der Waals surface area contributed by atoms with E-state index in [1.165, 1.54) is 6.42 Å². The number of fused-ring (bicyclic) bond motifs is 1. The van der Waals surface area contributed by atoms with Gasteiger partial charge in [0, 0.05) is 50.9 Å². The van der Waals surface area contributed by atoms with Crippen molar-refractivity contribution < 1.29 is 19.1 Å². The number of amides is 3. The van der Waals surface area contributed by atoms with E-state index in [4.69, 9.17) is 4.74 Å². The van der Waals surface area contributed by atoms with Crippen molar-refractivity contribution in [1.82, 2.24) is 19.6 Å². The highest BCUT2D eigenvalue weighted by molar-refractivity contribution is 5.98. The monoisotopic (exact) mass is 468 g/mol. The molecule has 3 saturated heterocycles. The van der Waals surface area contributed by atoms with Gasteiger partial charge < -0.3 is 19.4 Å². The summed E-state index contributed by atoms with van der Waals surface area (Å²) >= 11 is 0. The third kappa shape index (κ3) is 4.84. The normalized spacial score (nSPS) is 28.0. The molecule has 0 bridgehead atoms. The van der Waals surface area contributed by atoms with Crippen molar-refractivity contribution in [3.8, 4) is 0 Å². The Labute approximate surface area is 201 Å². The third-order valence-electron chi connectivity index (χ3n) is 8.03. The van der Waals surface area contributed by atoms with Crippen LogP contribution in [0.1, 0.15) is 42.5 Å². The SMILES string of the molecule is O=C(CN1CCOCC1)N1CCN(C(=O)C2CC3CCCCC3N2C(=O)c2ccccc2)CC1. The predicted molar refractivity (Wildman–Crippen MR) is 127 cm³/mol. The fraction of sp³-hybridized carbons (Fsp3) is 0.654. The smallest absolute Gasteiger partial charge is 0.254 e. The zero-order valence-corrected chi connectivity index (χ0v) is 19.9. The molecule has 4 aliphatic rings. The first-order valence-electron chi connectivity index (χ1n) is 12.9. The molecule has 3 aliphatic heterocycles. The molecule has 0 spiro atoms. The van der Waals surface area contributed by atoms with E-state index in [1.54, 1.807) is 0 Å². The summed E-state index contributed by atoms with van der Waals surface area (Å²) in [6.07, 6.45) is 5.13. The minimum absolute atomic E-state index is 0.0207. The Kier molecular flexibility index (Phi) is 7.15. The van der Waals surface area contributed by atoms with Crippen molar-refractivity contribution in [2.75, 3.05) is 59.0 Å². The number of hydrogen-bond acceptors (Lipinski definition) is 5. The van der Waals surface area contributed by atoms with Crippen LogP contribution in [0, 0.1) is 5.92 Å². The molecule has 8 nitrogen and oxygen atoms in total. The number of hydrogen-bond donors (Lipinski definition) is 0. The second kappa shape index (κ2) is 10.4. The molecule has 184 valence electrons. The molecule has 3 atom stereocenters. The number of carbonyl (C=O) groups is 3. The van der Waals surface area contributed by atoms with Crippen LogP contribution in [0.25, 0.3) is 0 Å². The van der Waals surface area contributed by atoms with Crippen molar-refractivity contribution in [3.05, 3.63) is 35.9 Å². The molecule has 1 aromatic carbocycles. The zero-order chi connectivity index (χ0) is 23.5. The summed E-state index contributed by atoms with van der Waals surface area (Å²) in [6.45, 7) is 5.54. The number of likely N-dealkylation sites (tertiary alicyclic amines) is 1. The summed E-state index contributed by atoms with van der Waals surface area (Å²) in [6, 6.07) is 9.13. The average molecular weight is 469 g/mol. The summed E-state index contributed by atoms with van der Waals surface area (Å²) in [4.78, 5) is 47.8. The lowest BCUT2D eigenvalue weighted by Gasteiger charge is -2.39. The van der Waals surface area contributed by atoms with Crippen molar-refractivity contribution >= 4 is 17.7 Å². The molecule has 3 amide bonds. The summed E-state index contributed by atoms with van der Waals surface area (Å²) in [7, 11) is 0. The number of rotatable bonds is 4. The van der Waals surface area contributed by atoms with Crippen molar-refractivity contribution in [2.24, 2.45) is 5.92 Å². The van der Waals surface area contributed by atoms with Gasteiger partial charge in [-0.05, 0) is 37.3 Å². The maximum Gasteiger partial charge on any atom is 0.254 e. The number of nitrogens with zero attached hydrogens (tertiary/aromatic N) is 4. The Morgan fingerprint density at radius 3 is 2.26 bits per heavy atom. The summed E-state index contributed by atoms with van der Waals surface area (Å²) < 4.78 is 5.37. The van der Waals surface area contributed by atoms with E-state index < -0.39 is 6.04 Å². The fourth-order valence-electron chi connectivity index (χ4n) is 6.14. The molecule has 8 heteroatoms. The molecule has 1 aromatic rings. The molecule has 5 rings (SSSR count). The van der Waals surface area contributed by atoms with E-state index in [0.29, 0.717) is 57.4 Å². The molecule has 1 saturated carbocycles. The second-order valence-corrected chi connectivity index (χ2v) is 10.0. The van der Waals surface area contributed by atoms with Crippen LogP contribution in [-0.2, 0) is 14.3 Å². The number of carbonyl (C=O) groups excluding carboxylic acids is 3. The van der Waals surface area contributed by atoms with Crippen molar-refractivity contribution in [1.29, 1.82) is 0 Å². The Morgan fingerprint density at radius 1 is 0.853 bits per heavy atom. The van der Waals surface area contributed by atoms with Crippen LogP contribution in [0.5, 0.6) is 0 Å². The lowest BCUT2D eigenvalue weighted by Crippen LogP contribution is -2.57. The third-order valence-corrected chi connectivity index (χ3v) is 8.03. The summed E-state index contributed by atoms with van der Waals surface area (Å²) in [5, 5.41) is 0. The predicted octanol–water partition coefficient (Wildman–Crippen LogP) is 1.46. The number of ether oxygens (including phenoxy) is 1. The first-order valence-corrected chi connectivity index (χ1v) is 12.9. The fourth-order valence-corrected chi connectivity index (χ4v) is 6.14.